The molecule has 0 radical (unpaired) electrons. The van der Waals surface area contributed by atoms with Gasteiger partial charge in [0.25, 0.3) is 0 Å². The van der Waals surface area contributed by atoms with E-state index in [4.69, 9.17) is 9.47 Å². The van der Waals surface area contributed by atoms with E-state index in [-0.39, 0.29) is 41.4 Å². The van der Waals surface area contributed by atoms with E-state index in [2.05, 4.69) is 76.9 Å². The van der Waals surface area contributed by atoms with Crippen molar-refractivity contribution in [2.24, 2.45) is 11.8 Å². The first-order valence-corrected chi connectivity index (χ1v) is 18.1. The molecule has 2 N–H and O–H groups in total. The van der Waals surface area contributed by atoms with Gasteiger partial charge in [0.2, 0.25) is 11.8 Å². The molecule has 0 unspecified atom stereocenters. The third kappa shape index (κ3) is 7.49. The van der Waals surface area contributed by atoms with Gasteiger partial charge in [-0.15, -0.1) is 22.7 Å². The van der Waals surface area contributed by atoms with Crippen molar-refractivity contribution in [3.05, 3.63) is 52.2 Å². The number of benzene rings is 2. The molecule has 254 valence electrons. The zero-order valence-corrected chi connectivity index (χ0v) is 30.5. The Bertz CT molecular complexity index is 1970. The summed E-state index contributed by atoms with van der Waals surface area (Å²) in [6.45, 7) is 17.9. The number of nitrogens with one attached hydrogen (secondary N) is 2. The summed E-state index contributed by atoms with van der Waals surface area (Å²) in [5.74, 6) is 2.36. The molecule has 0 bridgehead atoms. The minimum atomic E-state index is -0.0740. The van der Waals surface area contributed by atoms with Crippen molar-refractivity contribution in [3.8, 4) is 22.6 Å². The number of aromatic nitrogens is 4. The van der Waals surface area contributed by atoms with Crippen LogP contribution >= 0.6 is 22.7 Å². The maximum absolute atomic E-state index is 11.6. The summed E-state index contributed by atoms with van der Waals surface area (Å²) in [6.07, 6.45) is 4.98. The fraction of sp³-hybridized carbons (Fsp3) is 0.472. The van der Waals surface area contributed by atoms with E-state index in [1.54, 1.807) is 22.7 Å². The zero-order chi connectivity index (χ0) is 34.3. The van der Waals surface area contributed by atoms with Crippen molar-refractivity contribution in [3.63, 3.8) is 0 Å². The Labute approximate surface area is 289 Å². The van der Waals surface area contributed by atoms with Gasteiger partial charge in [0.15, 0.2) is 0 Å². The molecule has 0 spiro atoms. The number of hydrogen-bond acceptors (Lipinski definition) is 9. The summed E-state index contributed by atoms with van der Waals surface area (Å²) < 4.78 is 16.6. The van der Waals surface area contributed by atoms with E-state index < -0.39 is 0 Å². The van der Waals surface area contributed by atoms with Crippen LogP contribution in [0, 0.1) is 32.6 Å². The van der Waals surface area contributed by atoms with Crippen LogP contribution in [0.1, 0.15) is 63.0 Å². The van der Waals surface area contributed by atoms with E-state index in [1.165, 1.54) is 0 Å². The van der Waals surface area contributed by atoms with Crippen molar-refractivity contribution in [2.75, 3.05) is 13.1 Å². The summed E-state index contributed by atoms with van der Waals surface area (Å²) in [5.41, 5.74) is 5.08. The molecule has 10 nitrogen and oxygen atoms in total. The molecule has 2 saturated heterocycles. The van der Waals surface area contributed by atoms with Crippen LogP contribution < -0.4 is 20.1 Å². The number of carbonyl (C=O) groups excluding carboxylic acids is 2. The number of aryl methyl sites for hydroxylation is 3. The molecule has 2 aliphatic heterocycles. The maximum atomic E-state index is 11.6. The highest BCUT2D eigenvalue weighted by atomic mass is 32.1. The number of amides is 2. The predicted octanol–water partition coefficient (Wildman–Crippen LogP) is 6.94. The van der Waals surface area contributed by atoms with Crippen LogP contribution in [-0.4, -0.2) is 56.9 Å². The summed E-state index contributed by atoms with van der Waals surface area (Å²) in [7, 11) is 0. The highest BCUT2D eigenvalue weighted by Gasteiger charge is 2.30. The van der Waals surface area contributed by atoms with Gasteiger partial charge < -0.3 is 20.1 Å². The molecule has 2 aromatic carbocycles. The molecule has 7 rings (SSSR count). The normalized spacial score (nSPS) is 19.2. The van der Waals surface area contributed by atoms with Crippen LogP contribution in [0.3, 0.4) is 0 Å². The van der Waals surface area contributed by atoms with Crippen LogP contribution in [0.2, 0.25) is 0 Å². The zero-order valence-electron chi connectivity index (χ0n) is 28.8. The Balaban J connectivity index is 0.000000177. The van der Waals surface area contributed by atoms with Crippen LogP contribution in [0.15, 0.2) is 36.7 Å². The fourth-order valence-electron chi connectivity index (χ4n) is 6.05. The van der Waals surface area contributed by atoms with Crippen LogP contribution in [-0.2, 0) is 15.1 Å². The first-order chi connectivity index (χ1) is 22.7. The Morgan fingerprint density at radius 1 is 0.792 bits per heavy atom. The highest BCUT2D eigenvalue weighted by Crippen LogP contribution is 2.38. The smallest absolute Gasteiger partial charge is 0.220 e. The van der Waals surface area contributed by atoms with Crippen molar-refractivity contribution in [1.29, 1.82) is 0 Å². The average Bonchev–Trinajstić information content (AvgIpc) is 3.83. The van der Waals surface area contributed by atoms with Gasteiger partial charge in [-0.25, -0.2) is 9.97 Å². The lowest BCUT2D eigenvalue weighted by molar-refractivity contribution is -0.120. The van der Waals surface area contributed by atoms with E-state index in [0.29, 0.717) is 25.9 Å². The minimum absolute atomic E-state index is 0.0151. The molecule has 4 atom stereocenters. The first kappa shape index (κ1) is 33.9. The average molecular weight is 689 g/mol. The van der Waals surface area contributed by atoms with Gasteiger partial charge in [-0.2, -0.15) is 5.10 Å². The molecule has 5 heterocycles. The molecule has 0 aliphatic carbocycles. The maximum Gasteiger partial charge on any atom is 0.220 e. The summed E-state index contributed by atoms with van der Waals surface area (Å²) in [6, 6.07) is 8.31. The SMILES string of the molecule is Cc1cc(O[C@H](C)[C@H]2CNC(=O)C2)c2sc(C)nc2c1.Cc1nc2cc(-c3cnn(C(C)(C)C)c3)cc(O[C@H](C)[C@H]3CNC(=O)C3)c2s1. The topological polar surface area (TPSA) is 120 Å². The number of nitrogens with zero attached hydrogens (tertiary/aromatic N) is 4. The molecule has 12 heteroatoms. The number of fused-ring (bicyclic) bond motifs is 2. The lowest BCUT2D eigenvalue weighted by atomic mass is 10.0. The van der Waals surface area contributed by atoms with E-state index in [0.717, 1.165) is 58.6 Å². The second-order valence-corrected chi connectivity index (χ2v) is 16.3. The number of thiazole rings is 2. The van der Waals surface area contributed by atoms with Gasteiger partial charge in [0.1, 0.15) is 23.7 Å². The fourth-order valence-corrected chi connectivity index (χ4v) is 7.76. The minimum Gasteiger partial charge on any atom is -0.489 e. The standard InChI is InChI=1S/C21H26N4O2S.C15H18N2O2S/c1-12(15-8-19(26)22-9-15)27-18-7-14(6-17-20(18)28-13(2)24-17)16-10-23-25(11-16)21(3,4)5;1-8-4-12-15(20-10(3)17-12)13(5-8)19-9(2)11-6-14(18)16-7-11/h6-7,10-12,15H,8-9H2,1-5H3,(H,22,26);4-5,9,11H,6-7H2,1-3H3,(H,16,18)/t12-,15-;9-,11-/m11/s1. The second kappa shape index (κ2) is 13.5. The first-order valence-electron chi connectivity index (χ1n) is 16.4. The second-order valence-electron chi connectivity index (χ2n) is 13.9. The van der Waals surface area contributed by atoms with Gasteiger partial charge in [-0.1, -0.05) is 0 Å². The summed E-state index contributed by atoms with van der Waals surface area (Å²) in [5, 5.41) is 12.3. The molecule has 3 aromatic heterocycles. The van der Waals surface area contributed by atoms with Gasteiger partial charge in [-0.3, -0.25) is 14.3 Å². The van der Waals surface area contributed by atoms with Gasteiger partial charge in [0, 0.05) is 49.5 Å². The molecular weight excluding hydrogens is 645 g/mol. The highest BCUT2D eigenvalue weighted by molar-refractivity contribution is 7.19. The van der Waals surface area contributed by atoms with Crippen LogP contribution in [0.5, 0.6) is 11.5 Å². The van der Waals surface area contributed by atoms with Crippen molar-refractivity contribution in [2.45, 2.75) is 86.0 Å². The van der Waals surface area contributed by atoms with Crippen molar-refractivity contribution < 1.29 is 19.1 Å². The number of carbonyl (C=O) groups is 2. The van der Waals surface area contributed by atoms with Crippen molar-refractivity contribution in [1.82, 2.24) is 30.4 Å². The van der Waals surface area contributed by atoms with E-state index in [1.807, 2.05) is 45.5 Å². The Hall–Kier alpha value is -4.03. The quantitative estimate of drug-likeness (QED) is 0.190. The number of ether oxygens (including phenoxy) is 2. The van der Waals surface area contributed by atoms with E-state index >= 15 is 0 Å². The predicted molar refractivity (Wildman–Crippen MR) is 192 cm³/mol. The lowest BCUT2D eigenvalue weighted by Crippen LogP contribution is -2.25. The lowest BCUT2D eigenvalue weighted by Gasteiger charge is -2.20. The van der Waals surface area contributed by atoms with Gasteiger partial charge in [-0.05, 0) is 90.8 Å². The van der Waals surface area contributed by atoms with Crippen LogP contribution in [0.4, 0.5) is 0 Å². The molecule has 0 saturated carbocycles. The third-order valence-corrected chi connectivity index (χ3v) is 10.8. The summed E-state index contributed by atoms with van der Waals surface area (Å²) in [4.78, 5) is 32.1. The number of hydrogen-bond donors (Lipinski definition) is 2. The van der Waals surface area contributed by atoms with E-state index in [9.17, 15) is 9.59 Å². The largest absolute Gasteiger partial charge is 0.489 e. The number of rotatable bonds is 7. The van der Waals surface area contributed by atoms with Gasteiger partial charge >= 0.3 is 0 Å². The molecule has 5 aromatic rings. The molecule has 2 amide bonds. The monoisotopic (exact) mass is 688 g/mol. The Morgan fingerprint density at radius 3 is 1.79 bits per heavy atom. The third-order valence-electron chi connectivity index (χ3n) is 8.84. The Morgan fingerprint density at radius 2 is 1.31 bits per heavy atom. The summed E-state index contributed by atoms with van der Waals surface area (Å²) >= 11 is 3.29. The van der Waals surface area contributed by atoms with Crippen LogP contribution in [0.25, 0.3) is 31.6 Å². The molecule has 2 fully saturated rings. The Kier molecular flexibility index (Phi) is 9.50. The molecule has 2 aliphatic rings. The molecule has 48 heavy (non-hydrogen) atoms. The molecular formula is C36H44N6O4S2. The van der Waals surface area contributed by atoms with Gasteiger partial charge in [0.05, 0.1) is 42.2 Å². The van der Waals surface area contributed by atoms with Crippen molar-refractivity contribution >= 4 is 54.9 Å².